The first-order valence-corrected chi connectivity index (χ1v) is 1.55. The van der Waals surface area contributed by atoms with Gasteiger partial charge in [0.05, 0.1) is 11.4 Å². The van der Waals surface area contributed by atoms with Gasteiger partial charge in [0.15, 0.2) is 0 Å². The van der Waals surface area contributed by atoms with Gasteiger partial charge in [-0.2, -0.15) is 0 Å². The van der Waals surface area contributed by atoms with Gasteiger partial charge in [0.1, 0.15) is 0 Å². The molecule has 0 rings (SSSR count). The Balaban J connectivity index is 0. The molecule has 3 nitrogen and oxygen atoms in total. The average Bonchev–Trinajstić information content (AvgIpc) is 0.811. The summed E-state index contributed by atoms with van der Waals surface area (Å²) in [6.07, 6.45) is 0. The van der Waals surface area contributed by atoms with Gasteiger partial charge in [0.25, 0.3) is 0 Å². The summed E-state index contributed by atoms with van der Waals surface area (Å²) in [5, 5.41) is 0. The van der Waals surface area contributed by atoms with Crippen molar-refractivity contribution in [2.24, 2.45) is 0 Å². The van der Waals surface area contributed by atoms with Gasteiger partial charge in [-0.15, -0.1) is 0 Å². The molecule has 1 atom stereocenters. The van der Waals surface area contributed by atoms with E-state index in [2.05, 4.69) is 0 Å². The van der Waals surface area contributed by atoms with E-state index < -0.39 is 11.4 Å². The van der Waals surface area contributed by atoms with Gasteiger partial charge in [-0.3, -0.25) is 0 Å². The smallest absolute Gasteiger partial charge is 0.0814 e. The predicted molar refractivity (Wildman–Crippen MR) is 11.5 cm³/mol. The Morgan fingerprint density at radius 3 is 1.80 bits per heavy atom. The first-order chi connectivity index (χ1) is 1.73. The Hall–Kier alpha value is 0.589. The minimum absolute atomic E-state index is 0. The summed E-state index contributed by atoms with van der Waals surface area (Å²) in [7, 11) is 0. The van der Waals surface area contributed by atoms with E-state index in [1.54, 1.807) is 0 Å². The van der Waals surface area contributed by atoms with Crippen molar-refractivity contribution < 1.29 is 30.4 Å². The van der Waals surface area contributed by atoms with Gasteiger partial charge in [-0.25, -0.2) is 4.21 Å². The summed E-state index contributed by atoms with van der Waals surface area (Å²) in [4.78, 5) is 0. The monoisotopic (exact) mass is 144 g/mol. The Bertz CT molecular complexity index is 29.9. The fraction of sp³-hybridized carbons (Fsp3) is 0. The fourth-order valence-corrected chi connectivity index (χ4v) is 0. The zero-order chi connectivity index (χ0) is 3.58. The number of hydrogen-bond acceptors (Lipinski definition) is 2. The molecule has 0 aliphatic heterocycles. The maximum Gasteiger partial charge on any atom is 0.0814 e. The van der Waals surface area contributed by atoms with Crippen molar-refractivity contribution in [3.8, 4) is 0 Å². The third kappa shape index (κ3) is 88.6. The molecule has 0 bridgehead atoms. The van der Waals surface area contributed by atoms with Crippen LogP contribution in [0.1, 0.15) is 0 Å². The third-order valence-corrected chi connectivity index (χ3v) is 0. The van der Waals surface area contributed by atoms with Crippen molar-refractivity contribution in [2.75, 3.05) is 0 Å². The van der Waals surface area contributed by atoms with Crippen LogP contribution < -0.4 is 0 Å². The van der Waals surface area contributed by atoms with Crippen LogP contribution in [0.3, 0.4) is 0 Å². The van der Waals surface area contributed by atoms with E-state index >= 15 is 0 Å². The van der Waals surface area contributed by atoms with Gasteiger partial charge in [0.2, 0.25) is 0 Å². The molecule has 0 saturated carbocycles. The molecule has 0 amide bonds. The Labute approximate surface area is 42.4 Å². The van der Waals surface area contributed by atoms with E-state index in [1.165, 1.54) is 0 Å². The molecular formula is HCuO3S-. The minimum Gasteiger partial charge on any atom is -0.750 e. The molecule has 0 aliphatic rings. The largest absolute Gasteiger partial charge is 0.750 e. The van der Waals surface area contributed by atoms with Crippen molar-refractivity contribution in [3.63, 3.8) is 0 Å². The van der Waals surface area contributed by atoms with Gasteiger partial charge < -0.3 is 9.11 Å². The van der Waals surface area contributed by atoms with Crippen LogP contribution in [0.4, 0.5) is 0 Å². The molecule has 37 valence electrons. The zero-order valence-electron chi connectivity index (χ0n) is 1.97. The van der Waals surface area contributed by atoms with Crippen LogP contribution >= 0.6 is 0 Å². The molecule has 0 fully saturated rings. The maximum absolute atomic E-state index is 8.56. The van der Waals surface area contributed by atoms with E-state index in [0.29, 0.717) is 0 Å². The minimum atomic E-state index is -2.86. The van der Waals surface area contributed by atoms with Gasteiger partial charge >= 0.3 is 0 Å². The molecule has 5 heavy (non-hydrogen) atoms. The summed E-state index contributed by atoms with van der Waals surface area (Å²) in [6, 6.07) is 0. The molecule has 5 heteroatoms. The molecule has 1 radical (unpaired) electrons. The van der Waals surface area contributed by atoms with Gasteiger partial charge in [-0.05, 0) is 0 Å². The fourth-order valence-electron chi connectivity index (χ4n) is 0. The summed E-state index contributed by atoms with van der Waals surface area (Å²) in [6.45, 7) is 0. The summed E-state index contributed by atoms with van der Waals surface area (Å²) < 4.78 is 24.1. The molecular weight excluding hydrogens is 144 g/mol. The van der Waals surface area contributed by atoms with Crippen LogP contribution in [0.25, 0.3) is 0 Å². The van der Waals surface area contributed by atoms with E-state index in [0.717, 1.165) is 0 Å². The molecule has 0 aromatic rings. The molecule has 0 saturated heterocycles. The van der Waals surface area contributed by atoms with Crippen molar-refractivity contribution >= 4 is 11.4 Å². The van der Waals surface area contributed by atoms with E-state index in [1.807, 2.05) is 0 Å². The predicted octanol–water partition coefficient (Wildman–Crippen LogP) is -0.664. The SMILES string of the molecule is O=S([O-])O.[Cu]. The Morgan fingerprint density at radius 1 is 1.80 bits per heavy atom. The third-order valence-electron chi connectivity index (χ3n) is 0. The second-order valence-electron chi connectivity index (χ2n) is 0.217. The summed E-state index contributed by atoms with van der Waals surface area (Å²) >= 11 is -2.86. The van der Waals surface area contributed by atoms with Crippen molar-refractivity contribution in [2.45, 2.75) is 0 Å². The van der Waals surface area contributed by atoms with Crippen LogP contribution in [0.5, 0.6) is 0 Å². The van der Waals surface area contributed by atoms with Gasteiger partial charge in [-0.1, -0.05) is 0 Å². The van der Waals surface area contributed by atoms with E-state index in [-0.39, 0.29) is 17.1 Å². The second kappa shape index (κ2) is 4.59. The standard InChI is InChI=1S/Cu.H2O3S/c;1-4(2)3/h;(H2,1,2,3)/p-1. The Morgan fingerprint density at radius 2 is 1.80 bits per heavy atom. The number of rotatable bonds is 0. The molecule has 1 unspecified atom stereocenters. The quantitative estimate of drug-likeness (QED) is 0.363. The molecule has 0 aliphatic carbocycles. The maximum atomic E-state index is 8.56. The van der Waals surface area contributed by atoms with Crippen molar-refractivity contribution in [1.82, 2.24) is 0 Å². The van der Waals surface area contributed by atoms with E-state index in [9.17, 15) is 0 Å². The Kier molecular flexibility index (Phi) is 8.39. The topological polar surface area (TPSA) is 60.4 Å². The van der Waals surface area contributed by atoms with Crippen molar-refractivity contribution in [3.05, 3.63) is 0 Å². The van der Waals surface area contributed by atoms with E-state index in [4.69, 9.17) is 13.3 Å². The average molecular weight is 145 g/mol. The normalized spacial score (nSPS) is 12.4. The number of hydrogen-bond donors (Lipinski definition) is 1. The summed E-state index contributed by atoms with van der Waals surface area (Å²) in [5.41, 5.74) is 0. The summed E-state index contributed by atoms with van der Waals surface area (Å²) in [5.74, 6) is 0. The van der Waals surface area contributed by atoms with Crippen molar-refractivity contribution in [1.29, 1.82) is 0 Å². The molecule has 0 spiro atoms. The first kappa shape index (κ1) is 9.14. The zero-order valence-corrected chi connectivity index (χ0v) is 3.73. The first-order valence-electron chi connectivity index (χ1n) is 0.516. The van der Waals surface area contributed by atoms with Crippen LogP contribution in [0.15, 0.2) is 0 Å². The van der Waals surface area contributed by atoms with Crippen LogP contribution in [-0.4, -0.2) is 13.3 Å². The molecule has 0 aromatic heterocycles. The van der Waals surface area contributed by atoms with Crippen LogP contribution in [-0.2, 0) is 28.4 Å². The molecule has 1 N–H and O–H groups in total. The van der Waals surface area contributed by atoms with Crippen LogP contribution in [0.2, 0.25) is 0 Å². The molecule has 0 heterocycles. The van der Waals surface area contributed by atoms with Gasteiger partial charge in [0, 0.05) is 17.1 Å². The molecule has 0 aromatic carbocycles. The van der Waals surface area contributed by atoms with Crippen LogP contribution in [0, 0.1) is 0 Å². The second-order valence-corrected chi connectivity index (χ2v) is 0.651.